The Morgan fingerprint density at radius 2 is 1.96 bits per heavy atom. The molecule has 2 heterocycles. The van der Waals surface area contributed by atoms with Crippen molar-refractivity contribution in [2.75, 3.05) is 32.8 Å². The van der Waals surface area contributed by atoms with E-state index in [4.69, 9.17) is 4.74 Å². The molecule has 0 saturated carbocycles. The molecule has 0 bridgehead atoms. The van der Waals surface area contributed by atoms with Crippen molar-refractivity contribution < 1.29 is 14.3 Å². The Morgan fingerprint density at radius 1 is 1.21 bits per heavy atom. The molecular formula is C22H31N3O3. The normalized spacial score (nSPS) is 15.2. The van der Waals surface area contributed by atoms with Gasteiger partial charge in [0.25, 0.3) is 5.91 Å². The minimum absolute atomic E-state index is 0.0104. The third kappa shape index (κ3) is 4.73. The van der Waals surface area contributed by atoms with Crippen LogP contribution in [0.25, 0.3) is 10.9 Å². The molecule has 152 valence electrons. The van der Waals surface area contributed by atoms with Crippen molar-refractivity contribution in [1.82, 2.24) is 15.2 Å². The molecule has 0 atom stereocenters. The predicted octanol–water partition coefficient (Wildman–Crippen LogP) is 3.18. The molecule has 28 heavy (non-hydrogen) atoms. The number of nitrogens with one attached hydrogen (secondary N) is 2. The van der Waals surface area contributed by atoms with Gasteiger partial charge in [-0.3, -0.25) is 9.59 Å². The van der Waals surface area contributed by atoms with Gasteiger partial charge in [0.15, 0.2) is 0 Å². The van der Waals surface area contributed by atoms with Gasteiger partial charge >= 0.3 is 0 Å². The fourth-order valence-corrected chi connectivity index (χ4v) is 3.90. The van der Waals surface area contributed by atoms with Crippen molar-refractivity contribution in [3.05, 3.63) is 35.0 Å². The topological polar surface area (TPSA) is 74.4 Å². The molecule has 0 spiro atoms. The zero-order valence-electron chi connectivity index (χ0n) is 17.1. The van der Waals surface area contributed by atoms with Crippen molar-refractivity contribution in [1.29, 1.82) is 0 Å². The van der Waals surface area contributed by atoms with Crippen LogP contribution in [0.2, 0.25) is 0 Å². The van der Waals surface area contributed by atoms with Crippen molar-refractivity contribution >= 4 is 22.7 Å². The van der Waals surface area contributed by atoms with E-state index in [1.54, 1.807) is 0 Å². The average molecular weight is 386 g/mol. The molecule has 1 fully saturated rings. The number of rotatable bonds is 7. The van der Waals surface area contributed by atoms with Crippen LogP contribution in [-0.4, -0.2) is 54.5 Å². The Hall–Kier alpha value is -2.34. The van der Waals surface area contributed by atoms with E-state index < -0.39 is 0 Å². The maximum atomic E-state index is 12.9. The van der Waals surface area contributed by atoms with Gasteiger partial charge in [-0.15, -0.1) is 0 Å². The number of aryl methyl sites for hydroxylation is 2. The first-order chi connectivity index (χ1) is 13.5. The molecule has 1 aliphatic rings. The number of hydrogen-bond acceptors (Lipinski definition) is 3. The Balaban J connectivity index is 1.52. The zero-order chi connectivity index (χ0) is 20.1. The molecule has 1 aromatic heterocycles. The van der Waals surface area contributed by atoms with Crippen molar-refractivity contribution in [2.45, 2.75) is 40.0 Å². The Morgan fingerprint density at radius 3 is 2.68 bits per heavy atom. The summed E-state index contributed by atoms with van der Waals surface area (Å²) in [5.74, 6) is 0.105. The lowest BCUT2D eigenvalue weighted by atomic mass is 9.95. The summed E-state index contributed by atoms with van der Waals surface area (Å²) >= 11 is 0. The van der Waals surface area contributed by atoms with Gasteiger partial charge < -0.3 is 19.9 Å². The Kier molecular flexibility index (Phi) is 6.73. The maximum absolute atomic E-state index is 12.9. The standard InChI is InChI=1S/C22H31N3O3/c1-4-28-11-5-8-23-21(26)17-6-9-25(10-7-17)22(27)20-14-18-16(3)12-15(2)13-19(18)24-20/h12-14,17,24H,4-11H2,1-3H3,(H,23,26). The highest BCUT2D eigenvalue weighted by atomic mass is 16.5. The second kappa shape index (κ2) is 9.24. The molecule has 2 aromatic rings. The number of aromatic amines is 1. The molecule has 2 N–H and O–H groups in total. The monoisotopic (exact) mass is 385 g/mol. The molecular weight excluding hydrogens is 354 g/mol. The highest BCUT2D eigenvalue weighted by Crippen LogP contribution is 2.24. The molecule has 1 aromatic carbocycles. The summed E-state index contributed by atoms with van der Waals surface area (Å²) in [6.45, 7) is 9.34. The van der Waals surface area contributed by atoms with Crippen molar-refractivity contribution in [3.8, 4) is 0 Å². The number of amides is 2. The van der Waals surface area contributed by atoms with Crippen LogP contribution in [-0.2, 0) is 9.53 Å². The summed E-state index contributed by atoms with van der Waals surface area (Å²) in [5, 5.41) is 4.08. The molecule has 3 rings (SSSR count). The molecule has 6 nitrogen and oxygen atoms in total. The first-order valence-corrected chi connectivity index (χ1v) is 10.2. The van der Waals surface area contributed by atoms with E-state index in [1.165, 1.54) is 11.1 Å². The van der Waals surface area contributed by atoms with E-state index in [-0.39, 0.29) is 17.7 Å². The predicted molar refractivity (Wildman–Crippen MR) is 111 cm³/mol. The largest absolute Gasteiger partial charge is 0.382 e. The molecule has 0 unspecified atom stereocenters. The van der Waals surface area contributed by atoms with Crippen LogP contribution in [0.4, 0.5) is 0 Å². The summed E-state index contributed by atoms with van der Waals surface area (Å²) in [6.07, 6.45) is 2.25. The van der Waals surface area contributed by atoms with E-state index in [1.807, 2.05) is 17.9 Å². The molecule has 0 radical (unpaired) electrons. The molecule has 1 aliphatic heterocycles. The molecule has 6 heteroatoms. The van der Waals surface area contributed by atoms with E-state index in [0.29, 0.717) is 51.4 Å². The number of carbonyl (C=O) groups excluding carboxylic acids is 2. The fraction of sp³-hybridized carbons (Fsp3) is 0.545. The number of hydrogen-bond donors (Lipinski definition) is 2. The Bertz CT molecular complexity index is 835. The van der Waals surface area contributed by atoms with Gasteiger partial charge in [0.1, 0.15) is 5.69 Å². The highest BCUT2D eigenvalue weighted by molar-refractivity contribution is 5.99. The van der Waals surface area contributed by atoms with E-state index in [9.17, 15) is 9.59 Å². The van der Waals surface area contributed by atoms with Gasteiger partial charge in [0, 0.05) is 49.7 Å². The average Bonchev–Trinajstić information content (AvgIpc) is 3.11. The maximum Gasteiger partial charge on any atom is 0.270 e. The number of carbonyl (C=O) groups is 2. The number of fused-ring (bicyclic) bond motifs is 1. The van der Waals surface area contributed by atoms with Crippen LogP contribution >= 0.6 is 0 Å². The van der Waals surface area contributed by atoms with Crippen LogP contribution in [0.3, 0.4) is 0 Å². The minimum Gasteiger partial charge on any atom is -0.382 e. The summed E-state index contributed by atoms with van der Waals surface area (Å²) in [6, 6.07) is 6.15. The van der Waals surface area contributed by atoms with Crippen molar-refractivity contribution in [2.24, 2.45) is 5.92 Å². The van der Waals surface area contributed by atoms with Gasteiger partial charge in [0.05, 0.1) is 0 Å². The third-order valence-corrected chi connectivity index (χ3v) is 5.44. The summed E-state index contributed by atoms with van der Waals surface area (Å²) in [4.78, 5) is 30.3. The van der Waals surface area contributed by atoms with Gasteiger partial charge in [-0.2, -0.15) is 0 Å². The van der Waals surface area contributed by atoms with Gasteiger partial charge in [-0.1, -0.05) is 6.07 Å². The molecule has 2 amide bonds. The lowest BCUT2D eigenvalue weighted by Gasteiger charge is -2.31. The minimum atomic E-state index is -0.0104. The summed E-state index contributed by atoms with van der Waals surface area (Å²) in [5.41, 5.74) is 3.98. The van der Waals surface area contributed by atoms with Crippen molar-refractivity contribution in [3.63, 3.8) is 0 Å². The van der Waals surface area contributed by atoms with Gasteiger partial charge in [0.2, 0.25) is 5.91 Å². The SMILES string of the molecule is CCOCCCNC(=O)C1CCN(C(=O)c2cc3c(C)cc(C)cc3[nH]2)CC1. The van der Waals surface area contributed by atoms with Gasteiger partial charge in [-0.25, -0.2) is 0 Å². The Labute approximate surface area is 166 Å². The zero-order valence-corrected chi connectivity index (χ0v) is 17.1. The first-order valence-electron chi connectivity index (χ1n) is 10.2. The third-order valence-electron chi connectivity index (χ3n) is 5.44. The van der Waals surface area contributed by atoms with E-state index >= 15 is 0 Å². The number of piperidine rings is 1. The fourth-order valence-electron chi connectivity index (χ4n) is 3.90. The molecule has 1 saturated heterocycles. The number of aromatic nitrogens is 1. The van der Waals surface area contributed by atoms with Crippen LogP contribution in [0.15, 0.2) is 18.2 Å². The summed E-state index contributed by atoms with van der Waals surface area (Å²) in [7, 11) is 0. The number of likely N-dealkylation sites (tertiary alicyclic amines) is 1. The first kappa shape index (κ1) is 20.4. The lowest BCUT2D eigenvalue weighted by Crippen LogP contribution is -2.43. The lowest BCUT2D eigenvalue weighted by molar-refractivity contribution is -0.126. The quantitative estimate of drug-likeness (QED) is 0.719. The van der Waals surface area contributed by atoms with Crippen LogP contribution < -0.4 is 5.32 Å². The van der Waals surface area contributed by atoms with Gasteiger partial charge in [-0.05, 0) is 63.3 Å². The van der Waals surface area contributed by atoms with E-state index in [0.717, 1.165) is 17.3 Å². The molecule has 0 aliphatic carbocycles. The number of benzene rings is 1. The number of H-pyrrole nitrogens is 1. The van der Waals surface area contributed by atoms with Crippen LogP contribution in [0.5, 0.6) is 0 Å². The number of ether oxygens (including phenoxy) is 1. The summed E-state index contributed by atoms with van der Waals surface area (Å²) < 4.78 is 5.28. The number of nitrogens with zero attached hydrogens (tertiary/aromatic N) is 1. The highest BCUT2D eigenvalue weighted by Gasteiger charge is 2.28. The smallest absolute Gasteiger partial charge is 0.270 e. The second-order valence-corrected chi connectivity index (χ2v) is 7.63. The van der Waals surface area contributed by atoms with Crippen LogP contribution in [0.1, 0.15) is 47.8 Å². The van der Waals surface area contributed by atoms with Crippen LogP contribution in [0, 0.1) is 19.8 Å². The second-order valence-electron chi connectivity index (χ2n) is 7.63. The van der Waals surface area contributed by atoms with E-state index in [2.05, 4.69) is 36.3 Å².